The third-order valence-corrected chi connectivity index (χ3v) is 1.30. The summed E-state index contributed by atoms with van der Waals surface area (Å²) in [6.45, 7) is 3.06. The van der Waals surface area contributed by atoms with E-state index in [-0.39, 0.29) is 5.91 Å². The molecular weight excluding hydrogens is 156 g/mol. The van der Waals surface area contributed by atoms with Crippen molar-refractivity contribution in [2.45, 2.75) is 0 Å². The molecule has 12 heavy (non-hydrogen) atoms. The molecule has 5 N–H and O–H groups in total. The monoisotopic (exact) mass is 174 g/mol. The molecule has 0 atom stereocenters. The number of carbonyl (C=O) groups is 1. The first-order valence-corrected chi connectivity index (χ1v) is 4.13. The molecule has 0 aliphatic rings. The lowest BCUT2D eigenvalue weighted by Crippen LogP contribution is -2.38. The van der Waals surface area contributed by atoms with Gasteiger partial charge in [0.05, 0.1) is 6.54 Å². The van der Waals surface area contributed by atoms with Gasteiger partial charge in [0, 0.05) is 26.2 Å². The number of carbonyl (C=O) groups excluding carboxylic acids is 1. The summed E-state index contributed by atoms with van der Waals surface area (Å²) >= 11 is 0. The van der Waals surface area contributed by atoms with Crippen molar-refractivity contribution in [3.63, 3.8) is 0 Å². The molecule has 0 saturated carbocycles. The number of hydrogen-bond donors (Lipinski definition) is 4. The SMILES string of the molecule is CNCCNCC(=O)NCCN. The normalized spacial score (nSPS) is 9.83. The lowest BCUT2D eigenvalue weighted by atomic mass is 10.5. The van der Waals surface area contributed by atoms with Crippen LogP contribution in [0.2, 0.25) is 0 Å². The minimum absolute atomic E-state index is 0.00319. The molecule has 0 aromatic heterocycles. The third kappa shape index (κ3) is 7.46. The number of nitrogens with two attached hydrogens (primary N) is 1. The summed E-state index contributed by atoms with van der Waals surface area (Å²) < 4.78 is 0. The second-order valence-electron chi connectivity index (χ2n) is 2.42. The maximum atomic E-state index is 10.9. The Morgan fingerprint density at radius 2 is 2.08 bits per heavy atom. The molecule has 5 nitrogen and oxygen atoms in total. The number of nitrogens with one attached hydrogen (secondary N) is 3. The first-order valence-electron chi connectivity index (χ1n) is 4.13. The Morgan fingerprint density at radius 3 is 2.67 bits per heavy atom. The van der Waals surface area contributed by atoms with Crippen LogP contribution in [0.1, 0.15) is 0 Å². The van der Waals surface area contributed by atoms with E-state index in [0.717, 1.165) is 13.1 Å². The lowest BCUT2D eigenvalue weighted by molar-refractivity contribution is -0.120. The van der Waals surface area contributed by atoms with Gasteiger partial charge in [-0.05, 0) is 7.05 Å². The van der Waals surface area contributed by atoms with E-state index < -0.39 is 0 Å². The van der Waals surface area contributed by atoms with Gasteiger partial charge in [-0.15, -0.1) is 0 Å². The fourth-order valence-corrected chi connectivity index (χ4v) is 0.689. The topological polar surface area (TPSA) is 79.2 Å². The van der Waals surface area contributed by atoms with Crippen LogP contribution in [0.25, 0.3) is 0 Å². The van der Waals surface area contributed by atoms with Gasteiger partial charge >= 0.3 is 0 Å². The van der Waals surface area contributed by atoms with E-state index in [2.05, 4.69) is 16.0 Å². The number of likely N-dealkylation sites (N-methyl/N-ethyl adjacent to an activating group) is 1. The Hall–Kier alpha value is -0.650. The highest BCUT2D eigenvalue weighted by atomic mass is 16.1. The smallest absolute Gasteiger partial charge is 0.234 e. The van der Waals surface area contributed by atoms with Crippen molar-refractivity contribution >= 4 is 5.91 Å². The summed E-state index contributed by atoms with van der Waals surface area (Å²) in [4.78, 5) is 10.9. The van der Waals surface area contributed by atoms with E-state index in [9.17, 15) is 4.79 Å². The Kier molecular flexibility index (Phi) is 7.99. The molecule has 0 aliphatic carbocycles. The van der Waals surface area contributed by atoms with E-state index in [1.165, 1.54) is 0 Å². The van der Waals surface area contributed by atoms with Gasteiger partial charge in [-0.1, -0.05) is 0 Å². The van der Waals surface area contributed by atoms with Crippen LogP contribution in [-0.2, 0) is 4.79 Å². The number of rotatable bonds is 7. The Morgan fingerprint density at radius 1 is 1.33 bits per heavy atom. The summed E-state index contributed by atoms with van der Waals surface area (Å²) in [6, 6.07) is 0. The second-order valence-corrected chi connectivity index (χ2v) is 2.42. The molecule has 72 valence electrons. The van der Waals surface area contributed by atoms with Crippen LogP contribution in [0.3, 0.4) is 0 Å². The molecular formula is C7H18N4O. The van der Waals surface area contributed by atoms with Crippen molar-refractivity contribution in [2.75, 3.05) is 39.8 Å². The summed E-state index contributed by atoms with van der Waals surface area (Å²) in [5.74, 6) is -0.00319. The molecule has 0 fully saturated rings. The zero-order chi connectivity index (χ0) is 9.23. The first kappa shape index (κ1) is 11.4. The molecule has 0 unspecified atom stereocenters. The van der Waals surface area contributed by atoms with E-state index >= 15 is 0 Å². The molecule has 0 aromatic rings. The van der Waals surface area contributed by atoms with Gasteiger partial charge in [-0.3, -0.25) is 4.79 Å². The second kappa shape index (κ2) is 8.45. The Balaban J connectivity index is 3.08. The summed E-state index contributed by atoms with van der Waals surface area (Å²) in [5.41, 5.74) is 5.21. The van der Waals surface area contributed by atoms with Crippen LogP contribution < -0.4 is 21.7 Å². The van der Waals surface area contributed by atoms with Gasteiger partial charge in [0.15, 0.2) is 0 Å². The van der Waals surface area contributed by atoms with Crippen molar-refractivity contribution in [3.8, 4) is 0 Å². The molecule has 0 radical (unpaired) electrons. The average molecular weight is 174 g/mol. The van der Waals surface area contributed by atoms with Crippen LogP contribution in [0.15, 0.2) is 0 Å². The van der Waals surface area contributed by atoms with Gasteiger partial charge in [0.25, 0.3) is 0 Å². The maximum Gasteiger partial charge on any atom is 0.234 e. The van der Waals surface area contributed by atoms with Crippen LogP contribution in [-0.4, -0.2) is 45.7 Å². The van der Waals surface area contributed by atoms with Gasteiger partial charge in [0.1, 0.15) is 0 Å². The van der Waals surface area contributed by atoms with E-state index in [1.807, 2.05) is 7.05 Å². The fourth-order valence-electron chi connectivity index (χ4n) is 0.689. The first-order chi connectivity index (χ1) is 5.81. The van der Waals surface area contributed by atoms with E-state index in [1.54, 1.807) is 0 Å². The number of hydrogen-bond acceptors (Lipinski definition) is 4. The predicted molar refractivity (Wildman–Crippen MR) is 48.9 cm³/mol. The summed E-state index contributed by atoms with van der Waals surface area (Å²) in [6.07, 6.45) is 0. The summed E-state index contributed by atoms with van der Waals surface area (Å²) in [7, 11) is 1.87. The molecule has 0 aromatic carbocycles. The summed E-state index contributed by atoms with van der Waals surface area (Å²) in [5, 5.41) is 8.61. The molecule has 1 amide bonds. The molecule has 0 bridgehead atoms. The maximum absolute atomic E-state index is 10.9. The average Bonchev–Trinajstić information content (AvgIpc) is 2.09. The zero-order valence-corrected chi connectivity index (χ0v) is 7.52. The number of amides is 1. The molecule has 0 rings (SSSR count). The molecule has 0 spiro atoms. The van der Waals surface area contributed by atoms with E-state index in [4.69, 9.17) is 5.73 Å². The van der Waals surface area contributed by atoms with Gasteiger partial charge in [0.2, 0.25) is 5.91 Å². The Bertz CT molecular complexity index is 118. The quantitative estimate of drug-likeness (QED) is 0.332. The molecule has 0 aliphatic heterocycles. The highest BCUT2D eigenvalue weighted by molar-refractivity contribution is 5.77. The third-order valence-electron chi connectivity index (χ3n) is 1.30. The van der Waals surface area contributed by atoms with Crippen molar-refractivity contribution in [2.24, 2.45) is 5.73 Å². The van der Waals surface area contributed by atoms with Crippen LogP contribution in [0.4, 0.5) is 0 Å². The van der Waals surface area contributed by atoms with Crippen molar-refractivity contribution in [1.82, 2.24) is 16.0 Å². The minimum Gasteiger partial charge on any atom is -0.354 e. The molecule has 5 heteroatoms. The largest absolute Gasteiger partial charge is 0.354 e. The molecule has 0 saturated heterocycles. The van der Waals surface area contributed by atoms with Crippen LogP contribution >= 0.6 is 0 Å². The standard InChI is InChI=1S/C7H18N4O/c1-9-4-5-10-6-7(12)11-3-2-8/h9-10H,2-6,8H2,1H3,(H,11,12). The Labute approximate surface area is 73.1 Å². The highest BCUT2D eigenvalue weighted by Gasteiger charge is 1.96. The predicted octanol–water partition coefficient (Wildman–Crippen LogP) is -2.13. The van der Waals surface area contributed by atoms with Gasteiger partial charge in [-0.25, -0.2) is 0 Å². The van der Waals surface area contributed by atoms with Crippen molar-refractivity contribution < 1.29 is 4.79 Å². The van der Waals surface area contributed by atoms with Crippen LogP contribution in [0, 0.1) is 0 Å². The van der Waals surface area contributed by atoms with Gasteiger partial charge in [-0.2, -0.15) is 0 Å². The zero-order valence-electron chi connectivity index (χ0n) is 7.52. The van der Waals surface area contributed by atoms with Crippen molar-refractivity contribution in [1.29, 1.82) is 0 Å². The van der Waals surface area contributed by atoms with Crippen LogP contribution in [0.5, 0.6) is 0 Å². The van der Waals surface area contributed by atoms with Gasteiger partial charge < -0.3 is 21.7 Å². The molecule has 0 heterocycles. The minimum atomic E-state index is -0.00319. The van der Waals surface area contributed by atoms with Crippen molar-refractivity contribution in [3.05, 3.63) is 0 Å². The fraction of sp³-hybridized carbons (Fsp3) is 0.857. The lowest BCUT2D eigenvalue weighted by Gasteiger charge is -2.04. The van der Waals surface area contributed by atoms with E-state index in [0.29, 0.717) is 19.6 Å². The highest BCUT2D eigenvalue weighted by Crippen LogP contribution is 1.63.